The third-order valence-electron chi connectivity index (χ3n) is 5.63. The number of carboxylic acid groups (broad SMARTS) is 1. The second-order valence-corrected chi connectivity index (χ2v) is 8.79. The van der Waals surface area contributed by atoms with Gasteiger partial charge >= 0.3 is 12.1 Å². The van der Waals surface area contributed by atoms with Gasteiger partial charge in [-0.05, 0) is 64.2 Å². The highest BCUT2D eigenvalue weighted by Gasteiger charge is 2.36. The number of hydrogen-bond donors (Lipinski definition) is 2. The van der Waals surface area contributed by atoms with Crippen LogP contribution >= 0.6 is 15.9 Å². The van der Waals surface area contributed by atoms with Crippen molar-refractivity contribution in [1.29, 1.82) is 0 Å². The predicted octanol–water partition coefficient (Wildman–Crippen LogP) is 6.94. The normalized spacial score (nSPS) is 14.8. The Labute approximate surface area is 190 Å². The highest BCUT2D eigenvalue weighted by Crippen LogP contribution is 2.45. The molecule has 1 saturated carbocycles. The average Bonchev–Trinajstić information content (AvgIpc) is 3.37. The number of fused-ring (bicyclic) bond motifs is 1. The first kappa shape index (κ1) is 22.5. The fourth-order valence-corrected chi connectivity index (χ4v) is 4.66. The van der Waals surface area contributed by atoms with Crippen LogP contribution in [0.5, 0.6) is 17.2 Å². The molecule has 0 unspecified atom stereocenters. The Bertz CT molecular complexity index is 1140. The number of aromatic nitrogens is 1. The van der Waals surface area contributed by atoms with Crippen molar-refractivity contribution < 1.29 is 32.5 Å². The van der Waals surface area contributed by atoms with Gasteiger partial charge < -0.3 is 19.6 Å². The largest absolute Gasteiger partial charge is 0.482 e. The third-order valence-corrected chi connectivity index (χ3v) is 6.22. The first-order valence-electron chi connectivity index (χ1n) is 10.2. The van der Waals surface area contributed by atoms with Crippen LogP contribution in [0.15, 0.2) is 41.0 Å². The predicted molar refractivity (Wildman–Crippen MR) is 116 cm³/mol. The zero-order chi connectivity index (χ0) is 22.9. The van der Waals surface area contributed by atoms with Crippen LogP contribution in [-0.2, 0) is 17.4 Å². The molecule has 170 valence electrons. The van der Waals surface area contributed by atoms with E-state index in [2.05, 4.69) is 20.9 Å². The van der Waals surface area contributed by atoms with Crippen molar-refractivity contribution >= 4 is 32.8 Å². The maximum absolute atomic E-state index is 13.7. The molecule has 1 aliphatic rings. The molecule has 0 saturated heterocycles. The van der Waals surface area contributed by atoms with Gasteiger partial charge in [0.05, 0.1) is 4.47 Å². The van der Waals surface area contributed by atoms with Gasteiger partial charge in [-0.1, -0.05) is 25.7 Å². The molecule has 0 bridgehead atoms. The number of carbonyl (C=O) groups is 1. The van der Waals surface area contributed by atoms with Gasteiger partial charge in [-0.3, -0.25) is 0 Å². The van der Waals surface area contributed by atoms with Gasteiger partial charge in [0, 0.05) is 17.1 Å². The highest BCUT2D eigenvalue weighted by molar-refractivity contribution is 9.10. The van der Waals surface area contributed by atoms with Crippen molar-refractivity contribution in [3.8, 4) is 17.2 Å². The van der Waals surface area contributed by atoms with Crippen LogP contribution in [0.2, 0.25) is 0 Å². The summed E-state index contributed by atoms with van der Waals surface area (Å²) < 4.78 is 51.8. The van der Waals surface area contributed by atoms with Crippen LogP contribution in [0, 0.1) is 5.92 Å². The summed E-state index contributed by atoms with van der Waals surface area (Å²) in [4.78, 5) is 13.9. The van der Waals surface area contributed by atoms with Crippen LogP contribution in [0.25, 0.3) is 10.9 Å². The molecule has 3 aromatic rings. The summed E-state index contributed by atoms with van der Waals surface area (Å²) in [6.45, 7) is -0.752. The van der Waals surface area contributed by atoms with E-state index in [0.29, 0.717) is 5.92 Å². The van der Waals surface area contributed by atoms with E-state index in [-0.39, 0.29) is 16.0 Å². The van der Waals surface area contributed by atoms with Crippen molar-refractivity contribution in [3.05, 3.63) is 52.1 Å². The Kier molecular flexibility index (Phi) is 6.37. The van der Waals surface area contributed by atoms with Crippen molar-refractivity contribution in [2.75, 3.05) is 6.61 Å². The lowest BCUT2D eigenvalue weighted by molar-refractivity contribution is -0.139. The lowest BCUT2D eigenvalue weighted by Gasteiger charge is -2.17. The number of aromatic amines is 1. The minimum Gasteiger partial charge on any atom is -0.482 e. The highest BCUT2D eigenvalue weighted by atomic mass is 79.9. The van der Waals surface area contributed by atoms with E-state index in [0.717, 1.165) is 29.0 Å². The Balaban J connectivity index is 1.65. The van der Waals surface area contributed by atoms with Crippen molar-refractivity contribution in [2.24, 2.45) is 5.92 Å². The molecule has 0 amide bonds. The zero-order valence-corrected chi connectivity index (χ0v) is 18.6. The number of ether oxygens (including phenoxy) is 2. The topological polar surface area (TPSA) is 71.6 Å². The van der Waals surface area contributed by atoms with E-state index in [1.807, 2.05) is 6.20 Å². The fourth-order valence-electron chi connectivity index (χ4n) is 4.14. The molecule has 1 aliphatic carbocycles. The Morgan fingerprint density at radius 2 is 1.91 bits per heavy atom. The molecule has 9 heteroatoms. The number of nitrogens with one attached hydrogen (secondary N) is 1. The molecule has 32 heavy (non-hydrogen) atoms. The second kappa shape index (κ2) is 9.05. The van der Waals surface area contributed by atoms with Gasteiger partial charge in [-0.2, -0.15) is 13.2 Å². The third kappa shape index (κ3) is 5.03. The molecule has 0 spiro atoms. The maximum atomic E-state index is 13.7. The van der Waals surface area contributed by atoms with Gasteiger partial charge in [0.25, 0.3) is 0 Å². The molecule has 1 aromatic heterocycles. The van der Waals surface area contributed by atoms with E-state index in [1.54, 1.807) is 18.2 Å². The minimum atomic E-state index is -4.73. The molecule has 1 fully saturated rings. The molecule has 1 heterocycles. The first-order chi connectivity index (χ1) is 15.2. The number of rotatable bonds is 7. The number of carboxylic acids is 1. The number of benzene rings is 2. The number of hydrogen-bond acceptors (Lipinski definition) is 3. The number of aliphatic carboxylic acids is 1. The second-order valence-electron chi connectivity index (χ2n) is 7.94. The Hall–Kier alpha value is -2.68. The molecule has 0 radical (unpaired) electrons. The molecular weight excluding hydrogens is 491 g/mol. The van der Waals surface area contributed by atoms with Crippen molar-refractivity contribution in [3.63, 3.8) is 0 Å². The number of H-pyrrole nitrogens is 1. The summed E-state index contributed by atoms with van der Waals surface area (Å²) in [6, 6.07) is 7.14. The lowest BCUT2D eigenvalue weighted by Crippen LogP contribution is -2.12. The average molecular weight is 512 g/mol. The summed E-state index contributed by atoms with van der Waals surface area (Å²) in [5.41, 5.74) is 0.968. The van der Waals surface area contributed by atoms with Crippen LogP contribution in [0.4, 0.5) is 13.2 Å². The lowest BCUT2D eigenvalue weighted by atomic mass is 9.98. The Morgan fingerprint density at radius 1 is 1.16 bits per heavy atom. The fraction of sp³-hybridized carbons (Fsp3) is 0.348. The summed E-state index contributed by atoms with van der Waals surface area (Å²) in [5.74, 6) is -1.02. The van der Waals surface area contributed by atoms with Crippen LogP contribution in [0.1, 0.15) is 36.8 Å². The summed E-state index contributed by atoms with van der Waals surface area (Å²) >= 11 is 3.11. The summed E-state index contributed by atoms with van der Waals surface area (Å²) in [6.07, 6.45) is 3.02. The van der Waals surface area contributed by atoms with Crippen molar-refractivity contribution in [2.45, 2.75) is 38.3 Å². The molecule has 2 aromatic carbocycles. The van der Waals surface area contributed by atoms with Crippen molar-refractivity contribution in [1.82, 2.24) is 4.98 Å². The zero-order valence-electron chi connectivity index (χ0n) is 17.0. The maximum Gasteiger partial charge on any atom is 0.420 e. The molecule has 0 atom stereocenters. The van der Waals surface area contributed by atoms with Gasteiger partial charge in [-0.15, -0.1) is 0 Å². The number of halogens is 4. The molecule has 2 N–H and O–H groups in total. The summed E-state index contributed by atoms with van der Waals surface area (Å²) in [7, 11) is 0. The van der Waals surface area contributed by atoms with E-state index in [9.17, 15) is 18.0 Å². The molecular formula is C23H21BrF3NO4. The van der Waals surface area contributed by atoms with Crippen LogP contribution in [0.3, 0.4) is 0 Å². The quantitative estimate of drug-likeness (QED) is 0.360. The van der Waals surface area contributed by atoms with Gasteiger partial charge in [0.15, 0.2) is 12.4 Å². The van der Waals surface area contributed by atoms with Gasteiger partial charge in [-0.25, -0.2) is 4.79 Å². The minimum absolute atomic E-state index is 0.00746. The molecule has 0 aliphatic heterocycles. The number of alkyl halides is 3. The smallest absolute Gasteiger partial charge is 0.420 e. The Morgan fingerprint density at radius 3 is 2.59 bits per heavy atom. The van der Waals surface area contributed by atoms with E-state index in [1.165, 1.54) is 31.7 Å². The summed E-state index contributed by atoms with van der Waals surface area (Å²) in [5, 5.41) is 9.65. The van der Waals surface area contributed by atoms with E-state index in [4.69, 9.17) is 14.6 Å². The van der Waals surface area contributed by atoms with E-state index >= 15 is 0 Å². The van der Waals surface area contributed by atoms with Gasteiger partial charge in [0.2, 0.25) is 0 Å². The van der Waals surface area contributed by atoms with Gasteiger partial charge in [0.1, 0.15) is 17.1 Å². The SMILES string of the molecule is O=C(O)COc1cc(Br)c(Oc2ccc3[nH]cc(CC4CCCC4)c3c2)c(C(F)(F)F)c1. The standard InChI is InChI=1S/C23H21BrF3NO4/c24-19-10-16(31-12-21(29)30)9-18(23(25,26)27)22(19)32-15-5-6-20-17(8-15)14(11-28-20)7-13-3-1-2-4-13/h5-6,8-11,13,28H,1-4,7,12H2,(H,29,30). The van der Waals surface area contributed by atoms with E-state index < -0.39 is 30.1 Å². The van der Waals surface area contributed by atoms with Crippen LogP contribution in [-0.4, -0.2) is 22.7 Å². The van der Waals surface area contributed by atoms with Crippen LogP contribution < -0.4 is 9.47 Å². The monoisotopic (exact) mass is 511 g/mol. The molecule has 4 rings (SSSR count). The first-order valence-corrected chi connectivity index (χ1v) is 11.0. The molecule has 5 nitrogen and oxygen atoms in total.